The van der Waals surface area contributed by atoms with E-state index in [4.69, 9.17) is 0 Å². The van der Waals surface area contributed by atoms with Crippen LogP contribution in [0.1, 0.15) is 83.2 Å². The van der Waals surface area contributed by atoms with Crippen LogP contribution in [0.2, 0.25) is 0 Å². The molecule has 0 heterocycles. The molecule has 2 N–H and O–H groups in total. The highest BCUT2D eigenvalue weighted by atomic mass is 15.0. The van der Waals surface area contributed by atoms with E-state index in [0.717, 1.165) is 11.4 Å². The maximum atomic E-state index is 3.94. The lowest BCUT2D eigenvalue weighted by atomic mass is 9.69. The van der Waals surface area contributed by atoms with Gasteiger partial charge in [-0.25, -0.2) is 0 Å². The van der Waals surface area contributed by atoms with Crippen molar-refractivity contribution in [3.05, 3.63) is 161 Å². The molecule has 0 amide bonds. The number of hydrogen-bond acceptors (Lipinski definition) is 2. The second kappa shape index (κ2) is 11.2. The minimum absolute atomic E-state index is 0.00845. The van der Waals surface area contributed by atoms with Crippen LogP contribution in [0, 0.1) is 0 Å². The summed E-state index contributed by atoms with van der Waals surface area (Å²) in [4.78, 5) is 0. The van der Waals surface area contributed by atoms with Crippen LogP contribution in [0.15, 0.2) is 133 Å². The number of benzene rings is 6. The molecule has 0 unspecified atom stereocenters. The molecule has 50 heavy (non-hydrogen) atoms. The lowest BCUT2D eigenvalue weighted by Gasteiger charge is -2.44. The Labute approximate surface area is 298 Å². The van der Waals surface area contributed by atoms with E-state index in [1.165, 1.54) is 66.9 Å². The molecule has 0 fully saturated rings. The SMILES string of the molecule is CC1(C)c2ccccc2-c2ccc(Nc3ccc(-c4ccc(C(C)(C)C(C)(C)Nc5ccc6c(c5)C(C)(C)c5ccccc5-6)cc4)cc3)cc21. The van der Waals surface area contributed by atoms with Gasteiger partial charge < -0.3 is 10.6 Å². The van der Waals surface area contributed by atoms with E-state index in [2.05, 4.69) is 199 Å². The van der Waals surface area contributed by atoms with E-state index in [0.29, 0.717) is 0 Å². The molecule has 6 aromatic carbocycles. The van der Waals surface area contributed by atoms with Gasteiger partial charge in [0.15, 0.2) is 0 Å². The van der Waals surface area contributed by atoms with Crippen molar-refractivity contribution in [2.75, 3.05) is 10.6 Å². The summed E-state index contributed by atoms with van der Waals surface area (Å²) in [7, 11) is 0. The Bertz CT molecular complexity index is 2250. The Hall–Kier alpha value is -5.08. The quantitative estimate of drug-likeness (QED) is 0.179. The van der Waals surface area contributed by atoms with E-state index in [-0.39, 0.29) is 21.8 Å². The van der Waals surface area contributed by atoms with Gasteiger partial charge in [-0.05, 0) is 111 Å². The highest BCUT2D eigenvalue weighted by Gasteiger charge is 2.40. The first-order valence-corrected chi connectivity index (χ1v) is 18.0. The van der Waals surface area contributed by atoms with Crippen LogP contribution in [0.25, 0.3) is 33.4 Å². The monoisotopic (exact) mass is 652 g/mol. The first-order chi connectivity index (χ1) is 23.8. The Morgan fingerprint density at radius 2 is 0.840 bits per heavy atom. The van der Waals surface area contributed by atoms with Gasteiger partial charge in [-0.3, -0.25) is 0 Å². The zero-order chi connectivity index (χ0) is 35.1. The van der Waals surface area contributed by atoms with Crippen LogP contribution in [-0.4, -0.2) is 5.54 Å². The molecular weight excluding hydrogens is 605 g/mol. The lowest BCUT2D eigenvalue weighted by Crippen LogP contribution is -2.49. The first kappa shape index (κ1) is 32.1. The predicted octanol–water partition coefficient (Wildman–Crippen LogP) is 12.9. The summed E-state index contributed by atoms with van der Waals surface area (Å²) in [6, 6.07) is 49.3. The lowest BCUT2D eigenvalue weighted by molar-refractivity contribution is 0.334. The zero-order valence-corrected chi connectivity index (χ0v) is 30.7. The molecule has 2 aliphatic rings. The van der Waals surface area contributed by atoms with Gasteiger partial charge in [0.1, 0.15) is 0 Å². The van der Waals surface area contributed by atoms with E-state index in [1.54, 1.807) is 0 Å². The molecule has 8 rings (SSSR count). The smallest absolute Gasteiger partial charge is 0.0408 e. The molecule has 0 aliphatic heterocycles. The highest BCUT2D eigenvalue weighted by Crippen LogP contribution is 2.51. The molecule has 0 saturated heterocycles. The van der Waals surface area contributed by atoms with E-state index < -0.39 is 0 Å². The summed E-state index contributed by atoms with van der Waals surface area (Å²) in [6.45, 7) is 18.7. The molecule has 250 valence electrons. The molecule has 0 bridgehead atoms. The minimum Gasteiger partial charge on any atom is -0.379 e. The highest BCUT2D eigenvalue weighted by molar-refractivity contribution is 5.84. The average Bonchev–Trinajstić information content (AvgIpc) is 3.47. The minimum atomic E-state index is -0.207. The van der Waals surface area contributed by atoms with Crippen LogP contribution >= 0.6 is 0 Å². The van der Waals surface area contributed by atoms with Crippen molar-refractivity contribution in [1.29, 1.82) is 0 Å². The Balaban J connectivity index is 0.971. The van der Waals surface area contributed by atoms with E-state index in [9.17, 15) is 0 Å². The summed E-state index contributed by atoms with van der Waals surface area (Å²) in [6.07, 6.45) is 0. The standard InChI is InChI=1S/C48H48N2/c1-45(2)41-15-11-9-13-37(41)39-27-25-35(29-43(39)45)49-34-23-19-32(20-24-34)31-17-21-33(22-18-31)47(5,6)48(7,8)50-36-26-28-40-38-14-10-12-16-42(38)46(3,4)44(40)30-36/h9-30,49-50H,1-8H3. The average molecular weight is 653 g/mol. The number of fused-ring (bicyclic) bond motifs is 6. The van der Waals surface area contributed by atoms with Gasteiger partial charge in [-0.2, -0.15) is 0 Å². The number of rotatable bonds is 7. The maximum absolute atomic E-state index is 3.94. The second-order valence-corrected chi connectivity index (χ2v) is 16.5. The third-order valence-corrected chi connectivity index (χ3v) is 12.3. The van der Waals surface area contributed by atoms with Crippen molar-refractivity contribution < 1.29 is 0 Å². The summed E-state index contributed by atoms with van der Waals surface area (Å²) < 4.78 is 0. The van der Waals surface area contributed by atoms with Crippen molar-refractivity contribution in [2.24, 2.45) is 0 Å². The number of anilines is 3. The van der Waals surface area contributed by atoms with Gasteiger partial charge >= 0.3 is 0 Å². The summed E-state index contributed by atoms with van der Waals surface area (Å²) in [5.41, 5.74) is 17.8. The normalized spacial score (nSPS) is 15.1. The molecular formula is C48H48N2. The largest absolute Gasteiger partial charge is 0.379 e. The second-order valence-electron chi connectivity index (χ2n) is 16.5. The molecule has 0 spiro atoms. The molecule has 2 nitrogen and oxygen atoms in total. The van der Waals surface area contributed by atoms with Crippen molar-refractivity contribution >= 4 is 17.1 Å². The van der Waals surface area contributed by atoms with Gasteiger partial charge in [0.2, 0.25) is 0 Å². The topological polar surface area (TPSA) is 24.1 Å². The van der Waals surface area contributed by atoms with Crippen molar-refractivity contribution in [1.82, 2.24) is 0 Å². The Morgan fingerprint density at radius 3 is 1.38 bits per heavy atom. The molecule has 0 radical (unpaired) electrons. The summed E-state index contributed by atoms with van der Waals surface area (Å²) in [5, 5.41) is 7.60. The fourth-order valence-electron chi connectivity index (χ4n) is 8.43. The van der Waals surface area contributed by atoms with Gasteiger partial charge in [-0.1, -0.05) is 139 Å². The first-order valence-electron chi connectivity index (χ1n) is 18.0. The van der Waals surface area contributed by atoms with Crippen molar-refractivity contribution in [3.63, 3.8) is 0 Å². The van der Waals surface area contributed by atoms with Crippen LogP contribution < -0.4 is 10.6 Å². The van der Waals surface area contributed by atoms with E-state index >= 15 is 0 Å². The van der Waals surface area contributed by atoms with Gasteiger partial charge in [0.05, 0.1) is 0 Å². The van der Waals surface area contributed by atoms with Crippen LogP contribution in [0.3, 0.4) is 0 Å². The summed E-state index contributed by atoms with van der Waals surface area (Å²) >= 11 is 0. The Morgan fingerprint density at radius 1 is 0.420 bits per heavy atom. The number of nitrogens with one attached hydrogen (secondary N) is 2. The van der Waals surface area contributed by atoms with Crippen molar-refractivity contribution in [3.8, 4) is 33.4 Å². The fourth-order valence-corrected chi connectivity index (χ4v) is 8.43. The van der Waals surface area contributed by atoms with Gasteiger partial charge in [0, 0.05) is 38.8 Å². The molecule has 2 aliphatic carbocycles. The zero-order valence-electron chi connectivity index (χ0n) is 30.7. The van der Waals surface area contributed by atoms with Gasteiger partial charge in [-0.15, -0.1) is 0 Å². The molecule has 2 heteroatoms. The fraction of sp³-hybridized carbons (Fsp3) is 0.250. The predicted molar refractivity (Wildman–Crippen MR) is 214 cm³/mol. The maximum Gasteiger partial charge on any atom is 0.0408 e. The molecule has 6 aromatic rings. The number of hydrogen-bond donors (Lipinski definition) is 2. The van der Waals surface area contributed by atoms with Crippen LogP contribution in [0.4, 0.5) is 17.1 Å². The Kier molecular flexibility index (Phi) is 7.21. The van der Waals surface area contributed by atoms with E-state index in [1.807, 2.05) is 0 Å². The summed E-state index contributed by atoms with van der Waals surface area (Å²) in [5.74, 6) is 0. The third kappa shape index (κ3) is 4.99. The van der Waals surface area contributed by atoms with Crippen molar-refractivity contribution in [2.45, 2.75) is 77.2 Å². The van der Waals surface area contributed by atoms with Crippen LogP contribution in [0.5, 0.6) is 0 Å². The van der Waals surface area contributed by atoms with Gasteiger partial charge in [0.25, 0.3) is 0 Å². The molecule has 0 aromatic heterocycles. The molecule has 0 atom stereocenters. The third-order valence-electron chi connectivity index (χ3n) is 12.3. The molecule has 0 saturated carbocycles. The van der Waals surface area contributed by atoms with Crippen LogP contribution in [-0.2, 0) is 16.2 Å².